The van der Waals surface area contributed by atoms with E-state index in [1.165, 1.54) is 6.20 Å². The smallest absolute Gasteiger partial charge is 0.263 e. The summed E-state index contributed by atoms with van der Waals surface area (Å²) in [6.07, 6.45) is 5.53. The van der Waals surface area contributed by atoms with Crippen LogP contribution in [0.1, 0.15) is 29.8 Å². The molecule has 2 aromatic carbocycles. The topological polar surface area (TPSA) is 115 Å². The van der Waals surface area contributed by atoms with Crippen LogP contribution in [0, 0.1) is 11.3 Å². The van der Waals surface area contributed by atoms with Crippen LogP contribution in [0.5, 0.6) is 0 Å². The molecule has 0 unspecified atom stereocenters. The average molecular weight is 462 g/mol. The third-order valence-electron chi connectivity index (χ3n) is 6.12. The molecule has 0 saturated carbocycles. The molecule has 5 aromatic rings. The van der Waals surface area contributed by atoms with Crippen molar-refractivity contribution in [2.45, 2.75) is 19.3 Å². The van der Waals surface area contributed by atoms with Gasteiger partial charge in [0.1, 0.15) is 6.07 Å². The fourth-order valence-electron chi connectivity index (χ4n) is 4.47. The second kappa shape index (κ2) is 8.88. The normalized spacial score (nSPS) is 11.9. The molecule has 0 saturated heterocycles. The van der Waals surface area contributed by atoms with Gasteiger partial charge in [0.2, 0.25) is 5.95 Å². The molecule has 8 nitrogen and oxygen atoms in total. The molecule has 2 N–H and O–H groups in total. The SMILES string of the molecule is C[C@H](Cc1nc(N)ncc1C#N)c1cc2cccc(-c3cnn(C)c3)c2c(=O)n1-c1ccccc1. The third kappa shape index (κ3) is 4.04. The van der Waals surface area contributed by atoms with Crippen LogP contribution in [0.3, 0.4) is 0 Å². The second-order valence-electron chi connectivity index (χ2n) is 8.52. The first-order valence-corrected chi connectivity index (χ1v) is 11.2. The molecular formula is C27H23N7O. The van der Waals surface area contributed by atoms with Crippen LogP contribution < -0.4 is 11.3 Å². The number of nitrogens with zero attached hydrogens (tertiary/aromatic N) is 6. The molecule has 0 aliphatic rings. The molecule has 0 bridgehead atoms. The van der Waals surface area contributed by atoms with Gasteiger partial charge in [-0.05, 0) is 35.6 Å². The van der Waals surface area contributed by atoms with Crippen molar-refractivity contribution in [3.8, 4) is 22.9 Å². The minimum absolute atomic E-state index is 0.113. The summed E-state index contributed by atoms with van der Waals surface area (Å²) in [6, 6.07) is 19.6. The Morgan fingerprint density at radius 3 is 2.63 bits per heavy atom. The molecule has 172 valence electrons. The van der Waals surface area contributed by atoms with Gasteiger partial charge in [-0.25, -0.2) is 9.97 Å². The number of anilines is 1. The molecule has 5 rings (SSSR count). The zero-order valence-electron chi connectivity index (χ0n) is 19.4. The number of hydrogen-bond acceptors (Lipinski definition) is 6. The fraction of sp³-hybridized carbons (Fsp3) is 0.148. The average Bonchev–Trinajstić information content (AvgIpc) is 3.30. The third-order valence-corrected chi connectivity index (χ3v) is 6.12. The molecule has 0 fully saturated rings. The van der Waals surface area contributed by atoms with Crippen molar-refractivity contribution in [2.75, 3.05) is 5.73 Å². The first-order chi connectivity index (χ1) is 17.0. The molecule has 0 spiro atoms. The highest BCUT2D eigenvalue weighted by atomic mass is 16.1. The van der Waals surface area contributed by atoms with Crippen molar-refractivity contribution in [1.29, 1.82) is 5.26 Å². The van der Waals surface area contributed by atoms with Gasteiger partial charge in [-0.15, -0.1) is 0 Å². The summed E-state index contributed by atoms with van der Waals surface area (Å²) in [4.78, 5) is 22.4. The van der Waals surface area contributed by atoms with E-state index < -0.39 is 0 Å². The lowest BCUT2D eigenvalue weighted by atomic mass is 9.94. The lowest BCUT2D eigenvalue weighted by Gasteiger charge is -2.21. The Labute approximate surface area is 201 Å². The van der Waals surface area contributed by atoms with E-state index in [2.05, 4.69) is 21.1 Å². The maximum absolute atomic E-state index is 14.1. The highest BCUT2D eigenvalue weighted by Crippen LogP contribution is 2.30. The number of para-hydroxylation sites is 1. The number of fused-ring (bicyclic) bond motifs is 1. The molecule has 0 amide bonds. The van der Waals surface area contributed by atoms with Gasteiger partial charge in [0, 0.05) is 36.1 Å². The highest BCUT2D eigenvalue weighted by Gasteiger charge is 2.21. The Kier molecular flexibility index (Phi) is 5.59. The predicted molar refractivity (Wildman–Crippen MR) is 135 cm³/mol. The van der Waals surface area contributed by atoms with Crippen LogP contribution >= 0.6 is 0 Å². The molecule has 3 heterocycles. The molecule has 0 radical (unpaired) electrons. The van der Waals surface area contributed by atoms with E-state index in [1.807, 2.05) is 74.8 Å². The van der Waals surface area contributed by atoms with Crippen LogP contribution in [0.2, 0.25) is 0 Å². The number of nitrogen functional groups attached to an aromatic ring is 1. The van der Waals surface area contributed by atoms with Crippen LogP contribution in [0.25, 0.3) is 27.6 Å². The quantitative estimate of drug-likeness (QED) is 0.423. The lowest BCUT2D eigenvalue weighted by Crippen LogP contribution is -2.24. The lowest BCUT2D eigenvalue weighted by molar-refractivity contribution is 0.683. The molecule has 35 heavy (non-hydrogen) atoms. The zero-order valence-corrected chi connectivity index (χ0v) is 19.4. The zero-order chi connectivity index (χ0) is 24.5. The van der Waals surface area contributed by atoms with E-state index in [1.54, 1.807) is 15.4 Å². The van der Waals surface area contributed by atoms with Crippen molar-refractivity contribution in [3.05, 3.63) is 100 Å². The van der Waals surface area contributed by atoms with Crippen LogP contribution in [0.15, 0.2) is 78.0 Å². The van der Waals surface area contributed by atoms with E-state index >= 15 is 0 Å². The van der Waals surface area contributed by atoms with Gasteiger partial charge in [0.05, 0.1) is 29.0 Å². The Bertz CT molecular complexity index is 1640. The number of benzene rings is 2. The predicted octanol–water partition coefficient (Wildman–Crippen LogP) is 3.98. The first kappa shape index (κ1) is 22.0. The van der Waals surface area contributed by atoms with Crippen LogP contribution in [-0.4, -0.2) is 24.3 Å². The van der Waals surface area contributed by atoms with E-state index in [9.17, 15) is 10.1 Å². The van der Waals surface area contributed by atoms with Crippen molar-refractivity contribution in [3.63, 3.8) is 0 Å². The van der Waals surface area contributed by atoms with Crippen molar-refractivity contribution >= 4 is 16.7 Å². The van der Waals surface area contributed by atoms with E-state index in [4.69, 9.17) is 5.73 Å². The Morgan fingerprint density at radius 2 is 1.91 bits per heavy atom. The second-order valence-corrected chi connectivity index (χ2v) is 8.52. The Balaban J connectivity index is 1.74. The maximum Gasteiger partial charge on any atom is 0.263 e. The largest absolute Gasteiger partial charge is 0.368 e. The summed E-state index contributed by atoms with van der Waals surface area (Å²) in [5.41, 5.74) is 9.92. The number of nitrogens with two attached hydrogens (primary N) is 1. The minimum atomic E-state index is -0.143. The number of rotatable bonds is 5. The van der Waals surface area contributed by atoms with Crippen molar-refractivity contribution < 1.29 is 0 Å². The van der Waals surface area contributed by atoms with E-state index in [-0.39, 0.29) is 17.4 Å². The Morgan fingerprint density at radius 1 is 1.11 bits per heavy atom. The van der Waals surface area contributed by atoms with Gasteiger partial charge < -0.3 is 5.73 Å². The molecule has 0 aliphatic heterocycles. The summed E-state index contributed by atoms with van der Waals surface area (Å²) < 4.78 is 3.48. The van der Waals surface area contributed by atoms with Crippen molar-refractivity contribution in [2.24, 2.45) is 7.05 Å². The van der Waals surface area contributed by atoms with Gasteiger partial charge in [-0.2, -0.15) is 10.4 Å². The number of aromatic nitrogens is 5. The number of hydrogen-bond donors (Lipinski definition) is 1. The standard InChI is InChI=1S/C27H23N7O/c1-17(11-23-19(13-28)14-30-27(29)32-23)24-12-18-7-6-10-22(20-15-31-33(2)16-20)25(18)26(35)34(24)21-8-4-3-5-9-21/h3-10,12,14-17H,11H2,1-2H3,(H2,29,30,32)/t17-/m1/s1. The van der Waals surface area contributed by atoms with Crippen LogP contribution in [-0.2, 0) is 13.5 Å². The Hall–Kier alpha value is -4.77. The van der Waals surface area contributed by atoms with Gasteiger partial charge in [0.15, 0.2) is 0 Å². The van der Waals surface area contributed by atoms with E-state index in [0.717, 1.165) is 27.9 Å². The molecule has 0 aliphatic carbocycles. The van der Waals surface area contributed by atoms with Gasteiger partial charge in [-0.1, -0.05) is 43.3 Å². The number of aryl methyl sites for hydroxylation is 1. The summed E-state index contributed by atoms with van der Waals surface area (Å²) in [6.45, 7) is 2.02. The summed E-state index contributed by atoms with van der Waals surface area (Å²) in [7, 11) is 1.85. The molecule has 8 heteroatoms. The van der Waals surface area contributed by atoms with Gasteiger partial charge in [0.25, 0.3) is 5.56 Å². The number of pyridine rings is 1. The highest BCUT2D eigenvalue weighted by molar-refractivity contribution is 5.96. The fourth-order valence-corrected chi connectivity index (χ4v) is 4.47. The van der Waals surface area contributed by atoms with Gasteiger partial charge >= 0.3 is 0 Å². The van der Waals surface area contributed by atoms with Crippen molar-refractivity contribution in [1.82, 2.24) is 24.3 Å². The first-order valence-electron chi connectivity index (χ1n) is 11.2. The van der Waals surface area contributed by atoms with Gasteiger partial charge in [-0.3, -0.25) is 14.0 Å². The van der Waals surface area contributed by atoms with Crippen LogP contribution in [0.4, 0.5) is 5.95 Å². The summed E-state index contributed by atoms with van der Waals surface area (Å²) >= 11 is 0. The molecule has 3 aromatic heterocycles. The summed E-state index contributed by atoms with van der Waals surface area (Å²) in [5, 5.41) is 15.3. The monoisotopic (exact) mass is 461 g/mol. The number of nitriles is 1. The minimum Gasteiger partial charge on any atom is -0.368 e. The molecule has 1 atom stereocenters. The molecular weight excluding hydrogens is 438 g/mol. The maximum atomic E-state index is 14.1. The van der Waals surface area contributed by atoms with E-state index in [0.29, 0.717) is 23.1 Å². The summed E-state index contributed by atoms with van der Waals surface area (Å²) in [5.74, 6) is -0.0259.